The van der Waals surface area contributed by atoms with Crippen molar-refractivity contribution in [2.24, 2.45) is 0 Å². The summed E-state index contributed by atoms with van der Waals surface area (Å²) in [5, 5.41) is 5.21. The molecule has 4 rings (SSSR count). The summed E-state index contributed by atoms with van der Waals surface area (Å²) in [5.74, 6) is -0.315. The number of aromatic amines is 1. The van der Waals surface area contributed by atoms with Gasteiger partial charge in [0.25, 0.3) is 5.91 Å². The first-order chi connectivity index (χ1) is 14.4. The smallest absolute Gasteiger partial charge is 0.259 e. The van der Waals surface area contributed by atoms with Crippen molar-refractivity contribution in [2.45, 2.75) is 27.3 Å². The highest BCUT2D eigenvalue weighted by atomic mass is 16.2. The zero-order valence-electron chi connectivity index (χ0n) is 17.6. The third-order valence-electron chi connectivity index (χ3n) is 5.55. The first-order valence-electron chi connectivity index (χ1n) is 9.85. The molecular weight excluding hydrogens is 376 g/mol. The monoisotopic (exact) mass is 400 g/mol. The molecule has 2 aromatic heterocycles. The largest absolute Gasteiger partial charge is 0.360 e. The van der Waals surface area contributed by atoms with Gasteiger partial charge in [0.05, 0.1) is 11.4 Å². The second-order valence-corrected chi connectivity index (χ2v) is 7.59. The Morgan fingerprint density at radius 1 is 1.07 bits per heavy atom. The maximum atomic E-state index is 13.0. The van der Waals surface area contributed by atoms with E-state index < -0.39 is 0 Å². The summed E-state index contributed by atoms with van der Waals surface area (Å²) in [6.07, 6.45) is 1.50. The van der Waals surface area contributed by atoms with E-state index in [1.165, 1.54) is 6.20 Å². The number of hydrogen-bond acceptors (Lipinski definition) is 3. The van der Waals surface area contributed by atoms with Gasteiger partial charge in [0.15, 0.2) is 0 Å². The molecule has 0 unspecified atom stereocenters. The lowest BCUT2D eigenvalue weighted by Crippen LogP contribution is -2.31. The summed E-state index contributed by atoms with van der Waals surface area (Å²) in [7, 11) is 1.71. The van der Waals surface area contributed by atoms with E-state index in [9.17, 15) is 9.59 Å². The van der Waals surface area contributed by atoms with E-state index >= 15 is 0 Å². The van der Waals surface area contributed by atoms with E-state index in [1.54, 1.807) is 24.1 Å². The van der Waals surface area contributed by atoms with E-state index in [-0.39, 0.29) is 16.9 Å². The number of pyridine rings is 1. The molecule has 0 aliphatic rings. The van der Waals surface area contributed by atoms with E-state index in [0.29, 0.717) is 17.4 Å². The van der Waals surface area contributed by atoms with Crippen molar-refractivity contribution in [2.75, 3.05) is 7.05 Å². The number of H-pyrrole nitrogens is 1. The molecule has 0 fully saturated rings. The third kappa shape index (κ3) is 3.30. The van der Waals surface area contributed by atoms with Crippen LogP contribution >= 0.6 is 0 Å². The van der Waals surface area contributed by atoms with Gasteiger partial charge in [0, 0.05) is 41.9 Å². The van der Waals surface area contributed by atoms with Crippen molar-refractivity contribution in [3.63, 3.8) is 0 Å². The molecule has 2 aromatic carbocycles. The highest BCUT2D eigenvalue weighted by Gasteiger charge is 2.21. The van der Waals surface area contributed by atoms with Gasteiger partial charge in [-0.1, -0.05) is 30.3 Å². The van der Waals surface area contributed by atoms with Crippen molar-refractivity contribution in [3.8, 4) is 5.69 Å². The van der Waals surface area contributed by atoms with Crippen molar-refractivity contribution in [1.29, 1.82) is 0 Å². The summed E-state index contributed by atoms with van der Waals surface area (Å²) >= 11 is 0. The van der Waals surface area contributed by atoms with Crippen LogP contribution in [0.4, 0.5) is 0 Å². The molecule has 2 heterocycles. The lowest BCUT2D eigenvalue weighted by atomic mass is 10.1. The number of aromatic nitrogens is 3. The van der Waals surface area contributed by atoms with Gasteiger partial charge in [-0.3, -0.25) is 9.59 Å². The van der Waals surface area contributed by atoms with Gasteiger partial charge in [-0.15, -0.1) is 0 Å². The molecule has 4 aromatic rings. The molecule has 0 atom stereocenters. The number of carbonyl (C=O) groups excluding carboxylic acids is 1. The molecule has 0 saturated carbocycles. The summed E-state index contributed by atoms with van der Waals surface area (Å²) in [6.45, 7) is 6.36. The van der Waals surface area contributed by atoms with Crippen LogP contribution in [0.25, 0.3) is 16.6 Å². The maximum Gasteiger partial charge on any atom is 0.259 e. The second kappa shape index (κ2) is 7.63. The van der Waals surface area contributed by atoms with Crippen LogP contribution in [-0.2, 0) is 6.54 Å². The number of nitrogens with zero attached hydrogens (tertiary/aromatic N) is 3. The molecule has 6 nitrogen and oxygen atoms in total. The highest BCUT2D eigenvalue weighted by Crippen LogP contribution is 2.22. The number of amides is 1. The number of fused-ring (bicyclic) bond motifs is 1. The standard InChI is InChI=1S/C24H24N4O2/c1-15-9-5-8-12-22(15)28-17(3)20(16(2)26-28)14-27(4)24(30)19-13-25-21-11-7-6-10-18(21)23(19)29/h5-13H,14H2,1-4H3,(H,25,29). The van der Waals surface area contributed by atoms with Crippen LogP contribution in [0.15, 0.2) is 59.5 Å². The molecule has 1 amide bonds. The Kier molecular flexibility index (Phi) is 4.99. The maximum absolute atomic E-state index is 13.0. The average Bonchev–Trinajstić information content (AvgIpc) is 3.02. The Morgan fingerprint density at radius 3 is 2.53 bits per heavy atom. The number of para-hydroxylation sites is 2. The van der Waals surface area contributed by atoms with Crippen molar-refractivity contribution < 1.29 is 4.79 Å². The predicted octanol–water partition coefficient (Wildman–Crippen LogP) is 3.91. The summed E-state index contributed by atoms with van der Waals surface area (Å²) < 4.78 is 1.92. The Balaban J connectivity index is 1.66. The number of nitrogens with one attached hydrogen (secondary N) is 1. The van der Waals surface area contributed by atoms with Crippen LogP contribution in [-0.4, -0.2) is 32.6 Å². The van der Waals surface area contributed by atoms with Crippen LogP contribution in [0.3, 0.4) is 0 Å². The van der Waals surface area contributed by atoms with Gasteiger partial charge >= 0.3 is 0 Å². The summed E-state index contributed by atoms with van der Waals surface area (Å²) in [4.78, 5) is 30.5. The fourth-order valence-electron chi connectivity index (χ4n) is 3.78. The zero-order valence-corrected chi connectivity index (χ0v) is 17.6. The van der Waals surface area contributed by atoms with Crippen LogP contribution in [0, 0.1) is 20.8 Å². The molecule has 30 heavy (non-hydrogen) atoms. The van der Waals surface area contributed by atoms with E-state index in [0.717, 1.165) is 28.2 Å². The van der Waals surface area contributed by atoms with Crippen LogP contribution < -0.4 is 5.43 Å². The van der Waals surface area contributed by atoms with Crippen molar-refractivity contribution >= 4 is 16.8 Å². The lowest BCUT2D eigenvalue weighted by Gasteiger charge is -2.18. The second-order valence-electron chi connectivity index (χ2n) is 7.59. The van der Waals surface area contributed by atoms with E-state index in [4.69, 9.17) is 5.10 Å². The quantitative estimate of drug-likeness (QED) is 0.565. The molecule has 1 N–H and O–H groups in total. The first-order valence-corrected chi connectivity index (χ1v) is 9.85. The zero-order chi connectivity index (χ0) is 21.4. The summed E-state index contributed by atoms with van der Waals surface area (Å²) in [5.41, 5.74) is 5.56. The summed E-state index contributed by atoms with van der Waals surface area (Å²) in [6, 6.07) is 15.3. The normalized spacial score (nSPS) is 11.1. The fourth-order valence-corrected chi connectivity index (χ4v) is 3.78. The Labute approximate surface area is 174 Å². The molecule has 0 bridgehead atoms. The number of aryl methyl sites for hydroxylation is 2. The molecule has 0 saturated heterocycles. The van der Waals surface area contributed by atoms with Gasteiger partial charge < -0.3 is 9.88 Å². The number of rotatable bonds is 4. The van der Waals surface area contributed by atoms with Crippen LogP contribution in [0.1, 0.15) is 32.9 Å². The third-order valence-corrected chi connectivity index (χ3v) is 5.55. The predicted molar refractivity (Wildman–Crippen MR) is 118 cm³/mol. The Morgan fingerprint density at radius 2 is 1.77 bits per heavy atom. The average molecular weight is 400 g/mol. The Bertz CT molecular complexity index is 1320. The van der Waals surface area contributed by atoms with Crippen LogP contribution in [0.5, 0.6) is 0 Å². The van der Waals surface area contributed by atoms with Crippen molar-refractivity contribution in [1.82, 2.24) is 19.7 Å². The molecule has 6 heteroatoms. The minimum atomic E-state index is -0.315. The van der Waals surface area contributed by atoms with Gasteiger partial charge in [-0.05, 0) is 44.5 Å². The van der Waals surface area contributed by atoms with Crippen molar-refractivity contribution in [3.05, 3.63) is 93.0 Å². The first kappa shape index (κ1) is 19.6. The molecular formula is C24H24N4O2. The molecule has 0 aliphatic carbocycles. The fraction of sp³-hybridized carbons (Fsp3) is 0.208. The SMILES string of the molecule is Cc1ccccc1-n1nc(C)c(CN(C)C(=O)c2c[nH]c3ccccc3c2=O)c1C. The number of hydrogen-bond donors (Lipinski definition) is 1. The Hall–Kier alpha value is -3.67. The lowest BCUT2D eigenvalue weighted by molar-refractivity contribution is 0.0783. The van der Waals surface area contributed by atoms with E-state index in [2.05, 4.69) is 4.98 Å². The topological polar surface area (TPSA) is 71.0 Å². The van der Waals surface area contributed by atoms with E-state index in [1.807, 2.05) is 61.9 Å². The van der Waals surface area contributed by atoms with Gasteiger partial charge in [0.1, 0.15) is 5.56 Å². The van der Waals surface area contributed by atoms with Gasteiger partial charge in [0.2, 0.25) is 5.43 Å². The molecule has 0 aliphatic heterocycles. The molecule has 152 valence electrons. The highest BCUT2D eigenvalue weighted by molar-refractivity contribution is 5.97. The minimum Gasteiger partial charge on any atom is -0.360 e. The minimum absolute atomic E-state index is 0.137. The van der Waals surface area contributed by atoms with Gasteiger partial charge in [-0.2, -0.15) is 5.10 Å². The molecule has 0 spiro atoms. The van der Waals surface area contributed by atoms with Gasteiger partial charge in [-0.25, -0.2) is 4.68 Å². The number of carbonyl (C=O) groups is 1. The van der Waals surface area contributed by atoms with Crippen LogP contribution in [0.2, 0.25) is 0 Å². The number of benzene rings is 2. The molecule has 0 radical (unpaired) electrons.